The average molecular weight is 301 g/mol. The standard InChI is InChI=1S/C17H23N3O2/c21-17(20-8-7-13-3-1-2-4-16(13)20)18-11-15-12-19(9-10-22-15)14-5-6-14/h1-4,14-15H,5-12H2,(H,18,21). The van der Waals surface area contributed by atoms with Crippen molar-refractivity contribution in [3.05, 3.63) is 29.8 Å². The van der Waals surface area contributed by atoms with Gasteiger partial charge in [-0.05, 0) is 30.9 Å². The van der Waals surface area contributed by atoms with Crippen LogP contribution >= 0.6 is 0 Å². The number of hydrogen-bond acceptors (Lipinski definition) is 3. The second-order valence-electron chi connectivity index (χ2n) is 6.44. The Hall–Kier alpha value is -1.59. The van der Waals surface area contributed by atoms with Crippen LogP contribution in [0.2, 0.25) is 0 Å². The summed E-state index contributed by atoms with van der Waals surface area (Å²) in [6, 6.07) is 8.91. The van der Waals surface area contributed by atoms with E-state index in [9.17, 15) is 4.79 Å². The predicted molar refractivity (Wildman–Crippen MR) is 85.2 cm³/mol. The summed E-state index contributed by atoms with van der Waals surface area (Å²) in [5.74, 6) is 0. The van der Waals surface area contributed by atoms with E-state index in [0.717, 1.165) is 44.4 Å². The number of amides is 2. The first-order valence-corrected chi connectivity index (χ1v) is 8.30. The van der Waals surface area contributed by atoms with Crippen molar-refractivity contribution in [2.75, 3.05) is 37.7 Å². The Balaban J connectivity index is 1.31. The molecule has 4 rings (SSSR count). The lowest BCUT2D eigenvalue weighted by atomic mass is 10.2. The molecule has 2 amide bonds. The molecule has 1 aliphatic carbocycles. The van der Waals surface area contributed by atoms with Crippen LogP contribution in [0, 0.1) is 0 Å². The highest BCUT2D eigenvalue weighted by atomic mass is 16.5. The van der Waals surface area contributed by atoms with Crippen LogP contribution in [0.3, 0.4) is 0 Å². The normalized spacial score (nSPS) is 25.1. The van der Waals surface area contributed by atoms with Gasteiger partial charge in [0.05, 0.1) is 12.7 Å². The number of morpholine rings is 1. The highest BCUT2D eigenvalue weighted by Crippen LogP contribution is 2.28. The van der Waals surface area contributed by atoms with Crippen LogP contribution in [-0.4, -0.2) is 55.9 Å². The zero-order valence-electron chi connectivity index (χ0n) is 12.8. The van der Waals surface area contributed by atoms with Crippen LogP contribution in [0.5, 0.6) is 0 Å². The van der Waals surface area contributed by atoms with Gasteiger partial charge in [0.1, 0.15) is 0 Å². The lowest BCUT2D eigenvalue weighted by molar-refractivity contribution is -0.0287. The zero-order valence-corrected chi connectivity index (χ0v) is 12.8. The number of fused-ring (bicyclic) bond motifs is 1. The number of urea groups is 1. The van der Waals surface area contributed by atoms with E-state index in [1.165, 1.54) is 18.4 Å². The molecule has 0 bridgehead atoms. The van der Waals surface area contributed by atoms with E-state index in [-0.39, 0.29) is 12.1 Å². The summed E-state index contributed by atoms with van der Waals surface area (Å²) in [5.41, 5.74) is 2.30. The molecule has 22 heavy (non-hydrogen) atoms. The van der Waals surface area contributed by atoms with Gasteiger partial charge in [-0.2, -0.15) is 0 Å². The lowest BCUT2D eigenvalue weighted by Crippen LogP contribution is -2.50. The number of anilines is 1. The molecule has 0 spiro atoms. The minimum absolute atomic E-state index is 0.00269. The van der Waals surface area contributed by atoms with E-state index in [1.54, 1.807) is 0 Å². The molecule has 1 aromatic carbocycles. The molecule has 0 aromatic heterocycles. The van der Waals surface area contributed by atoms with Crippen molar-refractivity contribution in [1.29, 1.82) is 0 Å². The highest BCUT2D eigenvalue weighted by molar-refractivity contribution is 5.94. The molecule has 2 heterocycles. The fraction of sp³-hybridized carbons (Fsp3) is 0.588. The van der Waals surface area contributed by atoms with Gasteiger partial charge in [0.2, 0.25) is 0 Å². The van der Waals surface area contributed by atoms with E-state index in [4.69, 9.17) is 4.74 Å². The molecule has 1 unspecified atom stereocenters. The largest absolute Gasteiger partial charge is 0.374 e. The zero-order chi connectivity index (χ0) is 14.9. The van der Waals surface area contributed by atoms with Gasteiger partial charge in [0.25, 0.3) is 0 Å². The number of carbonyl (C=O) groups excluding carboxylic acids is 1. The smallest absolute Gasteiger partial charge is 0.321 e. The maximum Gasteiger partial charge on any atom is 0.321 e. The van der Waals surface area contributed by atoms with Gasteiger partial charge in [0.15, 0.2) is 0 Å². The van der Waals surface area contributed by atoms with Crippen molar-refractivity contribution in [3.8, 4) is 0 Å². The van der Waals surface area contributed by atoms with Crippen LogP contribution in [0.15, 0.2) is 24.3 Å². The number of carbonyl (C=O) groups is 1. The fourth-order valence-corrected chi connectivity index (χ4v) is 3.48. The third kappa shape index (κ3) is 2.83. The van der Waals surface area contributed by atoms with Crippen molar-refractivity contribution in [1.82, 2.24) is 10.2 Å². The van der Waals surface area contributed by atoms with Gasteiger partial charge < -0.3 is 10.1 Å². The van der Waals surface area contributed by atoms with Gasteiger partial charge in [-0.25, -0.2) is 4.79 Å². The molecule has 0 radical (unpaired) electrons. The van der Waals surface area contributed by atoms with Crippen LogP contribution in [-0.2, 0) is 11.2 Å². The van der Waals surface area contributed by atoms with Crippen molar-refractivity contribution in [2.24, 2.45) is 0 Å². The molecule has 2 fully saturated rings. The van der Waals surface area contributed by atoms with E-state index in [2.05, 4.69) is 16.3 Å². The van der Waals surface area contributed by atoms with Gasteiger partial charge in [-0.15, -0.1) is 0 Å². The Morgan fingerprint density at radius 1 is 1.27 bits per heavy atom. The van der Waals surface area contributed by atoms with Crippen molar-refractivity contribution < 1.29 is 9.53 Å². The maximum atomic E-state index is 12.4. The second-order valence-corrected chi connectivity index (χ2v) is 6.44. The third-order valence-corrected chi connectivity index (χ3v) is 4.85. The van der Waals surface area contributed by atoms with E-state index in [1.807, 2.05) is 23.1 Å². The molecule has 1 aromatic rings. The number of para-hydroxylation sites is 1. The topological polar surface area (TPSA) is 44.8 Å². The summed E-state index contributed by atoms with van der Waals surface area (Å²) in [7, 11) is 0. The van der Waals surface area contributed by atoms with Gasteiger partial charge in [-0.3, -0.25) is 9.80 Å². The number of benzene rings is 1. The molecule has 1 N–H and O–H groups in total. The van der Waals surface area contributed by atoms with Crippen LogP contribution in [0.25, 0.3) is 0 Å². The van der Waals surface area contributed by atoms with Crippen molar-refractivity contribution in [3.63, 3.8) is 0 Å². The molecule has 1 saturated heterocycles. The molecule has 2 aliphatic heterocycles. The van der Waals surface area contributed by atoms with E-state index in [0.29, 0.717) is 6.54 Å². The quantitative estimate of drug-likeness (QED) is 0.923. The molecule has 5 heteroatoms. The lowest BCUT2D eigenvalue weighted by Gasteiger charge is -2.33. The second kappa shape index (κ2) is 5.89. The van der Waals surface area contributed by atoms with E-state index >= 15 is 0 Å². The molecular weight excluding hydrogens is 278 g/mol. The van der Waals surface area contributed by atoms with Crippen LogP contribution in [0.4, 0.5) is 10.5 Å². The van der Waals surface area contributed by atoms with Crippen molar-refractivity contribution >= 4 is 11.7 Å². The summed E-state index contributed by atoms with van der Waals surface area (Å²) in [5, 5.41) is 3.05. The number of ether oxygens (including phenoxy) is 1. The number of rotatable bonds is 3. The average Bonchev–Trinajstić information content (AvgIpc) is 3.32. The molecule has 5 nitrogen and oxygen atoms in total. The SMILES string of the molecule is O=C(NCC1CN(C2CC2)CCO1)N1CCc2ccccc21. The van der Waals surface area contributed by atoms with Gasteiger partial charge in [0, 0.05) is 37.9 Å². The number of nitrogens with one attached hydrogen (secondary N) is 1. The summed E-state index contributed by atoms with van der Waals surface area (Å²) in [6.07, 6.45) is 3.71. The monoisotopic (exact) mass is 301 g/mol. The minimum atomic E-state index is -0.00269. The minimum Gasteiger partial charge on any atom is -0.374 e. The molecule has 3 aliphatic rings. The molecular formula is C17H23N3O2. The third-order valence-electron chi connectivity index (χ3n) is 4.85. The van der Waals surface area contributed by atoms with Gasteiger partial charge in [-0.1, -0.05) is 18.2 Å². The Morgan fingerprint density at radius 3 is 3.00 bits per heavy atom. The Labute approximate surface area is 131 Å². The summed E-state index contributed by atoms with van der Waals surface area (Å²) < 4.78 is 5.79. The van der Waals surface area contributed by atoms with Crippen molar-refractivity contribution in [2.45, 2.75) is 31.4 Å². The molecule has 118 valence electrons. The molecule has 1 saturated carbocycles. The summed E-state index contributed by atoms with van der Waals surface area (Å²) >= 11 is 0. The first-order valence-electron chi connectivity index (χ1n) is 8.30. The first kappa shape index (κ1) is 14.0. The van der Waals surface area contributed by atoms with Crippen LogP contribution < -0.4 is 10.2 Å². The number of nitrogens with zero attached hydrogens (tertiary/aromatic N) is 2. The molecule has 1 atom stereocenters. The summed E-state index contributed by atoms with van der Waals surface area (Å²) in [6.45, 7) is 4.13. The van der Waals surface area contributed by atoms with Crippen LogP contribution in [0.1, 0.15) is 18.4 Å². The van der Waals surface area contributed by atoms with E-state index < -0.39 is 0 Å². The fourth-order valence-electron chi connectivity index (χ4n) is 3.48. The highest BCUT2D eigenvalue weighted by Gasteiger charge is 2.33. The first-order chi connectivity index (χ1) is 10.8. The Morgan fingerprint density at radius 2 is 2.14 bits per heavy atom. The van der Waals surface area contributed by atoms with Gasteiger partial charge >= 0.3 is 6.03 Å². The maximum absolute atomic E-state index is 12.4. The Bertz CT molecular complexity index is 559. The summed E-state index contributed by atoms with van der Waals surface area (Å²) in [4.78, 5) is 16.8. The Kier molecular flexibility index (Phi) is 3.76. The predicted octanol–water partition coefficient (Wildman–Crippen LogP) is 1.62. The number of hydrogen-bond donors (Lipinski definition) is 1.